The third-order valence-electron chi connectivity index (χ3n) is 2.28. The van der Waals surface area contributed by atoms with Gasteiger partial charge in [0.2, 0.25) is 11.2 Å². The lowest BCUT2D eigenvalue weighted by atomic mass is 10.3. The molecule has 1 aromatic heterocycles. The number of anilines is 2. The molecule has 1 aromatic rings. The summed E-state index contributed by atoms with van der Waals surface area (Å²) in [5.74, 6) is 0.366. The van der Waals surface area contributed by atoms with Gasteiger partial charge in [0, 0.05) is 13.1 Å². The topological polar surface area (TPSA) is 84.1 Å². The van der Waals surface area contributed by atoms with Crippen molar-refractivity contribution in [2.24, 2.45) is 0 Å². The molecule has 0 unspecified atom stereocenters. The second-order valence-electron chi connectivity index (χ2n) is 4.39. The summed E-state index contributed by atoms with van der Waals surface area (Å²) in [6.07, 6.45) is 0. The number of nitrogens with two attached hydrogens (primary N) is 1. The summed E-state index contributed by atoms with van der Waals surface area (Å²) >= 11 is 5.78. The lowest BCUT2D eigenvalue weighted by Crippen LogP contribution is -2.39. The molecule has 1 amide bonds. The summed E-state index contributed by atoms with van der Waals surface area (Å²) < 4.78 is 0. The lowest BCUT2D eigenvalue weighted by molar-refractivity contribution is -0.120. The summed E-state index contributed by atoms with van der Waals surface area (Å²) in [6.45, 7) is 5.71. The van der Waals surface area contributed by atoms with E-state index in [-0.39, 0.29) is 23.8 Å². The number of carbonyl (C=O) groups is 1. The smallest absolute Gasteiger partial charge is 0.239 e. The van der Waals surface area contributed by atoms with E-state index in [1.165, 1.54) is 0 Å². The molecule has 18 heavy (non-hydrogen) atoms. The van der Waals surface area contributed by atoms with Crippen LogP contribution in [0.4, 0.5) is 11.5 Å². The maximum Gasteiger partial charge on any atom is 0.239 e. The van der Waals surface area contributed by atoms with E-state index >= 15 is 0 Å². The maximum absolute atomic E-state index is 11.6. The third-order valence-corrected chi connectivity index (χ3v) is 2.45. The molecule has 7 heteroatoms. The molecular formula is C11H18ClN5O. The monoisotopic (exact) mass is 271 g/mol. The van der Waals surface area contributed by atoms with Crippen molar-refractivity contribution in [1.29, 1.82) is 0 Å². The minimum Gasteiger partial charge on any atom is -0.394 e. The Hall–Kier alpha value is -1.56. The van der Waals surface area contributed by atoms with Gasteiger partial charge in [-0.2, -0.15) is 4.98 Å². The Bertz CT molecular complexity index is 449. The van der Waals surface area contributed by atoms with Crippen molar-refractivity contribution >= 4 is 29.0 Å². The Kier molecular flexibility index (Phi) is 4.72. The second kappa shape index (κ2) is 5.86. The van der Waals surface area contributed by atoms with E-state index < -0.39 is 0 Å². The van der Waals surface area contributed by atoms with Crippen molar-refractivity contribution in [1.82, 2.24) is 15.3 Å². The molecule has 0 saturated carbocycles. The predicted octanol–water partition coefficient (Wildman–Crippen LogP) is 0.981. The molecular weight excluding hydrogens is 254 g/mol. The molecule has 0 aromatic carbocycles. The third kappa shape index (κ3) is 3.73. The minimum absolute atomic E-state index is 0.0963. The highest BCUT2D eigenvalue weighted by Gasteiger charge is 2.15. The molecule has 100 valence electrons. The standard InChI is InChI=1S/C11H18ClN5O/c1-6(2)14-8(18)5-17(4)10-9(13)7(3)15-11(12)16-10/h6H,5,13H2,1-4H3,(H,14,18). The van der Waals surface area contributed by atoms with Crippen molar-refractivity contribution < 1.29 is 4.79 Å². The van der Waals surface area contributed by atoms with Crippen LogP contribution in [-0.4, -0.2) is 35.5 Å². The number of likely N-dealkylation sites (N-methyl/N-ethyl adjacent to an activating group) is 1. The van der Waals surface area contributed by atoms with Crippen LogP contribution in [0.5, 0.6) is 0 Å². The first kappa shape index (κ1) is 14.5. The normalized spacial score (nSPS) is 10.6. The van der Waals surface area contributed by atoms with Crippen LogP contribution in [-0.2, 0) is 4.79 Å². The van der Waals surface area contributed by atoms with Gasteiger partial charge in [-0.05, 0) is 32.4 Å². The SMILES string of the molecule is Cc1nc(Cl)nc(N(C)CC(=O)NC(C)C)c1N. The molecule has 0 aliphatic carbocycles. The zero-order chi connectivity index (χ0) is 13.9. The molecule has 3 N–H and O–H groups in total. The Labute approximate surface area is 112 Å². The van der Waals surface area contributed by atoms with Crippen LogP contribution in [0.3, 0.4) is 0 Å². The number of aryl methyl sites for hydroxylation is 1. The molecule has 0 aliphatic rings. The van der Waals surface area contributed by atoms with Crippen molar-refractivity contribution in [2.75, 3.05) is 24.2 Å². The number of nitrogens with one attached hydrogen (secondary N) is 1. The summed E-state index contributed by atoms with van der Waals surface area (Å²) in [4.78, 5) is 21.3. The van der Waals surface area contributed by atoms with Crippen LogP contribution in [0, 0.1) is 6.92 Å². The first-order valence-electron chi connectivity index (χ1n) is 5.61. The van der Waals surface area contributed by atoms with Crippen LogP contribution in [0.1, 0.15) is 19.5 Å². The van der Waals surface area contributed by atoms with Gasteiger partial charge < -0.3 is 16.0 Å². The maximum atomic E-state index is 11.6. The van der Waals surface area contributed by atoms with Gasteiger partial charge in [-0.3, -0.25) is 4.79 Å². The number of rotatable bonds is 4. The van der Waals surface area contributed by atoms with Crippen molar-refractivity contribution in [3.8, 4) is 0 Å². The summed E-state index contributed by atoms with van der Waals surface area (Å²) in [5.41, 5.74) is 6.90. The van der Waals surface area contributed by atoms with E-state index in [2.05, 4.69) is 15.3 Å². The van der Waals surface area contributed by atoms with E-state index in [1.54, 1.807) is 18.9 Å². The van der Waals surface area contributed by atoms with Gasteiger partial charge in [0.1, 0.15) is 0 Å². The van der Waals surface area contributed by atoms with E-state index in [4.69, 9.17) is 17.3 Å². The first-order valence-corrected chi connectivity index (χ1v) is 5.99. The first-order chi connectivity index (χ1) is 8.31. The number of aromatic nitrogens is 2. The average molecular weight is 272 g/mol. The predicted molar refractivity (Wildman–Crippen MR) is 72.7 cm³/mol. The highest BCUT2D eigenvalue weighted by molar-refractivity contribution is 6.28. The van der Waals surface area contributed by atoms with Crippen LogP contribution in [0.2, 0.25) is 5.28 Å². The molecule has 6 nitrogen and oxygen atoms in total. The minimum atomic E-state index is -0.0979. The Morgan fingerprint density at radius 2 is 2.11 bits per heavy atom. The fraction of sp³-hybridized carbons (Fsp3) is 0.545. The quantitative estimate of drug-likeness (QED) is 0.798. The number of nitrogen functional groups attached to an aromatic ring is 1. The van der Waals surface area contributed by atoms with Crippen molar-refractivity contribution in [3.63, 3.8) is 0 Å². The summed E-state index contributed by atoms with van der Waals surface area (Å²) in [5, 5.41) is 2.91. The van der Waals surface area contributed by atoms with Gasteiger partial charge in [0.15, 0.2) is 5.82 Å². The number of nitrogens with zero attached hydrogens (tertiary/aromatic N) is 3. The molecule has 1 heterocycles. The molecule has 0 radical (unpaired) electrons. The van der Waals surface area contributed by atoms with Crippen LogP contribution in [0.25, 0.3) is 0 Å². The number of hydrogen-bond acceptors (Lipinski definition) is 5. The Morgan fingerprint density at radius 1 is 1.50 bits per heavy atom. The average Bonchev–Trinajstić information content (AvgIpc) is 2.21. The van der Waals surface area contributed by atoms with Gasteiger partial charge in [0.25, 0.3) is 0 Å². The van der Waals surface area contributed by atoms with E-state index in [1.807, 2.05) is 13.8 Å². The molecule has 0 atom stereocenters. The Morgan fingerprint density at radius 3 is 2.67 bits per heavy atom. The number of halogens is 1. The van der Waals surface area contributed by atoms with Gasteiger partial charge in [-0.1, -0.05) is 0 Å². The highest BCUT2D eigenvalue weighted by Crippen LogP contribution is 2.23. The number of hydrogen-bond donors (Lipinski definition) is 2. The van der Waals surface area contributed by atoms with E-state index in [0.29, 0.717) is 17.2 Å². The zero-order valence-corrected chi connectivity index (χ0v) is 11.7. The second-order valence-corrected chi connectivity index (χ2v) is 4.73. The number of carbonyl (C=O) groups excluding carboxylic acids is 1. The van der Waals surface area contributed by atoms with Crippen molar-refractivity contribution in [3.05, 3.63) is 11.0 Å². The number of amides is 1. The molecule has 1 rings (SSSR count). The largest absolute Gasteiger partial charge is 0.394 e. The van der Waals surface area contributed by atoms with Crippen LogP contribution < -0.4 is 16.0 Å². The van der Waals surface area contributed by atoms with Crippen LogP contribution in [0.15, 0.2) is 0 Å². The fourth-order valence-electron chi connectivity index (χ4n) is 1.48. The molecule has 0 bridgehead atoms. The molecule has 0 saturated heterocycles. The van der Waals surface area contributed by atoms with Gasteiger partial charge in [-0.25, -0.2) is 4.98 Å². The summed E-state index contributed by atoms with van der Waals surface area (Å²) in [6, 6.07) is 0.0963. The van der Waals surface area contributed by atoms with Crippen LogP contribution >= 0.6 is 11.6 Å². The highest BCUT2D eigenvalue weighted by atomic mass is 35.5. The Balaban J connectivity index is 2.84. The lowest BCUT2D eigenvalue weighted by Gasteiger charge is -2.20. The van der Waals surface area contributed by atoms with Gasteiger partial charge in [0.05, 0.1) is 17.9 Å². The van der Waals surface area contributed by atoms with Gasteiger partial charge >= 0.3 is 0 Å². The van der Waals surface area contributed by atoms with Crippen molar-refractivity contribution in [2.45, 2.75) is 26.8 Å². The zero-order valence-electron chi connectivity index (χ0n) is 11.0. The molecule has 0 aliphatic heterocycles. The van der Waals surface area contributed by atoms with E-state index in [9.17, 15) is 4.79 Å². The fourth-order valence-corrected chi connectivity index (χ4v) is 1.69. The molecule has 0 spiro atoms. The van der Waals surface area contributed by atoms with E-state index in [0.717, 1.165) is 0 Å². The molecule has 0 fully saturated rings. The van der Waals surface area contributed by atoms with Gasteiger partial charge in [-0.15, -0.1) is 0 Å². The summed E-state index contributed by atoms with van der Waals surface area (Å²) in [7, 11) is 1.73.